The summed E-state index contributed by atoms with van der Waals surface area (Å²) < 4.78 is 15.6. The first kappa shape index (κ1) is 18.9. The van der Waals surface area contributed by atoms with Gasteiger partial charge in [0.2, 0.25) is 0 Å². The number of carbonyl (C=O) groups excluding carboxylic acids is 1. The summed E-state index contributed by atoms with van der Waals surface area (Å²) in [6, 6.07) is 3.33. The summed E-state index contributed by atoms with van der Waals surface area (Å²) in [5.41, 5.74) is 1.22. The molecule has 20 heavy (non-hydrogen) atoms. The van der Waals surface area contributed by atoms with Gasteiger partial charge >= 0.3 is 0 Å². The molecule has 0 bridgehead atoms. The van der Waals surface area contributed by atoms with E-state index in [0.717, 1.165) is 5.56 Å². The Morgan fingerprint density at radius 1 is 1.20 bits per heavy atom. The number of benzene rings is 1. The SMILES string of the molecule is CC.COCCOCc1cc(Cl)cc(C(C)=O)c1OC. The molecule has 0 atom stereocenters. The van der Waals surface area contributed by atoms with Crippen LogP contribution < -0.4 is 4.74 Å². The topological polar surface area (TPSA) is 44.8 Å². The van der Waals surface area contributed by atoms with Crippen molar-refractivity contribution in [3.8, 4) is 5.75 Å². The van der Waals surface area contributed by atoms with Crippen LogP contribution in [-0.4, -0.2) is 33.2 Å². The normalized spacial score (nSPS) is 9.70. The molecule has 0 heterocycles. The number of ketones is 1. The molecule has 0 saturated carbocycles. The van der Waals surface area contributed by atoms with Crippen LogP contribution in [0.3, 0.4) is 0 Å². The molecule has 1 aromatic carbocycles. The van der Waals surface area contributed by atoms with Crippen molar-refractivity contribution < 1.29 is 19.0 Å². The van der Waals surface area contributed by atoms with Crippen molar-refractivity contribution in [3.05, 3.63) is 28.3 Å². The van der Waals surface area contributed by atoms with Gasteiger partial charge in [0.1, 0.15) is 5.75 Å². The quantitative estimate of drug-likeness (QED) is 0.568. The Labute approximate surface area is 126 Å². The molecule has 0 fully saturated rings. The van der Waals surface area contributed by atoms with Gasteiger partial charge in [-0.3, -0.25) is 4.79 Å². The van der Waals surface area contributed by atoms with Crippen LogP contribution in [0.15, 0.2) is 12.1 Å². The molecule has 0 spiro atoms. The van der Waals surface area contributed by atoms with E-state index >= 15 is 0 Å². The summed E-state index contributed by atoms with van der Waals surface area (Å²) in [5, 5.41) is 0.492. The van der Waals surface area contributed by atoms with E-state index in [9.17, 15) is 4.79 Å². The molecule has 5 heteroatoms. The summed E-state index contributed by atoms with van der Waals surface area (Å²) in [6.45, 7) is 6.79. The molecule has 1 rings (SSSR count). The van der Waals surface area contributed by atoms with E-state index in [1.807, 2.05) is 13.8 Å². The second-order valence-corrected chi connectivity index (χ2v) is 4.18. The third kappa shape index (κ3) is 5.90. The maximum absolute atomic E-state index is 11.5. The van der Waals surface area contributed by atoms with Crippen LogP contribution in [0.4, 0.5) is 0 Å². The van der Waals surface area contributed by atoms with Gasteiger partial charge in [0.25, 0.3) is 0 Å². The van der Waals surface area contributed by atoms with Gasteiger partial charge < -0.3 is 14.2 Å². The lowest BCUT2D eigenvalue weighted by atomic mass is 10.1. The lowest BCUT2D eigenvalue weighted by Crippen LogP contribution is -2.06. The van der Waals surface area contributed by atoms with Crippen LogP contribution in [-0.2, 0) is 16.1 Å². The molecule has 0 aliphatic carbocycles. The second kappa shape index (κ2) is 10.7. The van der Waals surface area contributed by atoms with Crippen molar-refractivity contribution in [1.82, 2.24) is 0 Å². The van der Waals surface area contributed by atoms with Crippen LogP contribution >= 0.6 is 11.6 Å². The number of halogens is 1. The van der Waals surface area contributed by atoms with Gasteiger partial charge in [-0.25, -0.2) is 0 Å². The molecule has 4 nitrogen and oxygen atoms in total. The molecule has 0 aliphatic rings. The van der Waals surface area contributed by atoms with Crippen molar-refractivity contribution in [2.75, 3.05) is 27.4 Å². The highest BCUT2D eigenvalue weighted by molar-refractivity contribution is 6.31. The van der Waals surface area contributed by atoms with Crippen molar-refractivity contribution in [2.24, 2.45) is 0 Å². The van der Waals surface area contributed by atoms with Gasteiger partial charge in [-0.1, -0.05) is 25.4 Å². The smallest absolute Gasteiger partial charge is 0.163 e. The minimum atomic E-state index is -0.0903. The number of ether oxygens (including phenoxy) is 3. The van der Waals surface area contributed by atoms with Crippen LogP contribution in [0.1, 0.15) is 36.7 Å². The molecule has 0 radical (unpaired) electrons. The van der Waals surface area contributed by atoms with E-state index < -0.39 is 0 Å². The number of methoxy groups -OCH3 is 2. The standard InChI is InChI=1S/C13H17ClO4.C2H6/c1-9(15)12-7-11(14)6-10(13(12)17-3)8-18-5-4-16-2;1-2/h6-7H,4-5,8H2,1-3H3;1-2H3. The Kier molecular flexibility index (Phi) is 10.1. The van der Waals surface area contributed by atoms with E-state index in [-0.39, 0.29) is 5.78 Å². The van der Waals surface area contributed by atoms with E-state index in [2.05, 4.69) is 0 Å². The first-order valence-electron chi connectivity index (χ1n) is 6.54. The summed E-state index contributed by atoms with van der Waals surface area (Å²) in [4.78, 5) is 11.5. The third-order valence-electron chi connectivity index (χ3n) is 2.40. The van der Waals surface area contributed by atoms with Crippen LogP contribution in [0.2, 0.25) is 5.02 Å². The molecule has 0 aromatic heterocycles. The van der Waals surface area contributed by atoms with Crippen molar-refractivity contribution in [2.45, 2.75) is 27.4 Å². The molecule has 0 saturated heterocycles. The molecule has 1 aromatic rings. The third-order valence-corrected chi connectivity index (χ3v) is 2.62. The van der Waals surface area contributed by atoms with Crippen molar-refractivity contribution in [1.29, 1.82) is 0 Å². The summed E-state index contributed by atoms with van der Waals surface area (Å²) in [6.07, 6.45) is 0. The van der Waals surface area contributed by atoms with Gasteiger partial charge in [0.05, 0.1) is 32.5 Å². The van der Waals surface area contributed by atoms with E-state index in [1.165, 1.54) is 14.0 Å². The molecule has 0 amide bonds. The van der Waals surface area contributed by atoms with Gasteiger partial charge in [-0.2, -0.15) is 0 Å². The first-order valence-corrected chi connectivity index (χ1v) is 6.92. The highest BCUT2D eigenvalue weighted by atomic mass is 35.5. The van der Waals surface area contributed by atoms with E-state index in [4.69, 9.17) is 25.8 Å². The molecular formula is C15H23ClO4. The first-order chi connectivity index (χ1) is 9.60. The summed E-state index contributed by atoms with van der Waals surface area (Å²) in [5.74, 6) is 0.428. The highest BCUT2D eigenvalue weighted by Crippen LogP contribution is 2.29. The van der Waals surface area contributed by atoms with Gasteiger partial charge in [-0.05, 0) is 19.1 Å². The largest absolute Gasteiger partial charge is 0.496 e. The second-order valence-electron chi connectivity index (χ2n) is 3.75. The monoisotopic (exact) mass is 302 g/mol. The summed E-state index contributed by atoms with van der Waals surface area (Å²) >= 11 is 5.98. The van der Waals surface area contributed by atoms with E-state index in [0.29, 0.717) is 36.2 Å². The minimum absolute atomic E-state index is 0.0903. The Hall–Kier alpha value is -1.10. The highest BCUT2D eigenvalue weighted by Gasteiger charge is 2.14. The number of Topliss-reactive ketones (excluding diaryl/α,β-unsaturated/α-hetero) is 1. The predicted octanol–water partition coefficient (Wildman–Crippen LogP) is 3.74. The van der Waals surface area contributed by atoms with Crippen molar-refractivity contribution in [3.63, 3.8) is 0 Å². The number of rotatable bonds is 7. The number of carbonyl (C=O) groups is 1. The lowest BCUT2D eigenvalue weighted by molar-refractivity contribution is 0.0607. The maximum Gasteiger partial charge on any atom is 0.163 e. The number of hydrogen-bond donors (Lipinski definition) is 0. The van der Waals surface area contributed by atoms with Gasteiger partial charge in [0, 0.05) is 17.7 Å². The van der Waals surface area contributed by atoms with E-state index in [1.54, 1.807) is 19.2 Å². The molecule has 114 valence electrons. The molecule has 0 aliphatic heterocycles. The zero-order valence-corrected chi connectivity index (χ0v) is 13.5. The average molecular weight is 303 g/mol. The fourth-order valence-corrected chi connectivity index (χ4v) is 1.83. The zero-order chi connectivity index (χ0) is 15.5. The maximum atomic E-state index is 11.5. The minimum Gasteiger partial charge on any atom is -0.496 e. The predicted molar refractivity (Wildman–Crippen MR) is 80.9 cm³/mol. The summed E-state index contributed by atoms with van der Waals surface area (Å²) in [7, 11) is 3.13. The fraction of sp³-hybridized carbons (Fsp3) is 0.533. The van der Waals surface area contributed by atoms with Crippen LogP contribution in [0.25, 0.3) is 0 Å². The molecule has 0 N–H and O–H groups in total. The Balaban J connectivity index is 0.00000172. The van der Waals surface area contributed by atoms with Gasteiger partial charge in [0.15, 0.2) is 5.78 Å². The zero-order valence-electron chi connectivity index (χ0n) is 12.8. The fourth-order valence-electron chi connectivity index (χ4n) is 1.58. The van der Waals surface area contributed by atoms with Crippen molar-refractivity contribution >= 4 is 17.4 Å². The van der Waals surface area contributed by atoms with Gasteiger partial charge in [-0.15, -0.1) is 0 Å². The molecule has 0 unspecified atom stereocenters. The Morgan fingerprint density at radius 3 is 2.35 bits per heavy atom. The Bertz CT molecular complexity index is 419. The van der Waals surface area contributed by atoms with Crippen LogP contribution in [0, 0.1) is 0 Å². The Morgan fingerprint density at radius 2 is 1.85 bits per heavy atom. The van der Waals surface area contributed by atoms with Crippen LogP contribution in [0.5, 0.6) is 5.75 Å². The lowest BCUT2D eigenvalue weighted by Gasteiger charge is -2.13. The average Bonchev–Trinajstić information content (AvgIpc) is 2.45. The molecular weight excluding hydrogens is 280 g/mol. The number of hydrogen-bond acceptors (Lipinski definition) is 4.